The van der Waals surface area contributed by atoms with E-state index in [9.17, 15) is 9.59 Å². The minimum atomic E-state index is -0.688. The highest BCUT2D eigenvalue weighted by Crippen LogP contribution is 1.98. The number of carbonyl (C=O) groups is 2. The molecule has 0 bridgehead atoms. The molecule has 0 unspecified atom stereocenters. The summed E-state index contributed by atoms with van der Waals surface area (Å²) in [5, 5.41) is 2.38. The fourth-order valence-electron chi connectivity index (χ4n) is 0.833. The molecule has 5 nitrogen and oxygen atoms in total. The second kappa shape index (κ2) is 8.41. The van der Waals surface area contributed by atoms with Gasteiger partial charge in [0, 0.05) is 5.75 Å². The van der Waals surface area contributed by atoms with Gasteiger partial charge in [-0.05, 0) is 12.3 Å². The molecule has 0 aromatic carbocycles. The second-order valence-electron chi connectivity index (χ2n) is 3.91. The predicted octanol–water partition coefficient (Wildman–Crippen LogP) is -0.0510. The molecule has 0 aromatic rings. The summed E-state index contributed by atoms with van der Waals surface area (Å²) < 4.78 is 4.90. The molecule has 0 rings (SSSR count). The van der Waals surface area contributed by atoms with Gasteiger partial charge in [0.25, 0.3) is 0 Å². The molecular formula is C10H20N2O3S. The number of nitrogens with two attached hydrogens (primary N) is 1. The van der Waals surface area contributed by atoms with Gasteiger partial charge in [-0.3, -0.25) is 9.59 Å². The number of ether oxygens (including phenoxy) is 1. The topological polar surface area (TPSA) is 81.4 Å². The van der Waals surface area contributed by atoms with E-state index in [2.05, 4.69) is 17.9 Å². The van der Waals surface area contributed by atoms with Crippen LogP contribution in [0.5, 0.6) is 0 Å². The van der Waals surface area contributed by atoms with Crippen molar-refractivity contribution < 1.29 is 14.3 Å². The van der Waals surface area contributed by atoms with Crippen LogP contribution >= 0.6 is 12.6 Å². The summed E-state index contributed by atoms with van der Waals surface area (Å²) in [7, 11) is 0. The molecule has 0 aromatic heterocycles. The molecule has 3 N–H and O–H groups in total. The van der Waals surface area contributed by atoms with Crippen molar-refractivity contribution in [1.29, 1.82) is 0 Å². The highest BCUT2D eigenvalue weighted by molar-refractivity contribution is 7.80. The van der Waals surface area contributed by atoms with Gasteiger partial charge >= 0.3 is 5.97 Å². The van der Waals surface area contributed by atoms with E-state index in [-0.39, 0.29) is 12.3 Å². The molecule has 0 radical (unpaired) electrons. The fraction of sp³-hybridized carbons (Fsp3) is 0.800. The smallest absolute Gasteiger partial charge is 0.325 e. The van der Waals surface area contributed by atoms with Crippen molar-refractivity contribution >= 4 is 24.5 Å². The number of rotatable bonds is 7. The molecule has 0 spiro atoms. The third-order valence-electron chi connectivity index (χ3n) is 1.90. The van der Waals surface area contributed by atoms with Gasteiger partial charge in [0.05, 0.1) is 12.6 Å². The largest absolute Gasteiger partial charge is 0.464 e. The van der Waals surface area contributed by atoms with Crippen molar-refractivity contribution in [2.24, 2.45) is 11.7 Å². The average molecular weight is 248 g/mol. The first kappa shape index (κ1) is 15.2. The SMILES string of the molecule is CC(C)CCOC(=O)CNC(=O)[C@@H](N)CS. The number of amides is 1. The fourth-order valence-corrected chi connectivity index (χ4v) is 0.999. The maximum atomic E-state index is 11.2. The molecular weight excluding hydrogens is 228 g/mol. The quantitative estimate of drug-likeness (QED) is 0.436. The van der Waals surface area contributed by atoms with Gasteiger partial charge in [0.1, 0.15) is 6.54 Å². The van der Waals surface area contributed by atoms with Gasteiger partial charge in [0.2, 0.25) is 5.91 Å². The zero-order chi connectivity index (χ0) is 12.6. The van der Waals surface area contributed by atoms with E-state index in [1.165, 1.54) is 0 Å². The van der Waals surface area contributed by atoms with Crippen LogP contribution in [0.2, 0.25) is 0 Å². The van der Waals surface area contributed by atoms with Crippen molar-refractivity contribution in [3.8, 4) is 0 Å². The van der Waals surface area contributed by atoms with Crippen molar-refractivity contribution in [2.45, 2.75) is 26.3 Å². The van der Waals surface area contributed by atoms with E-state index in [1.54, 1.807) is 0 Å². The van der Waals surface area contributed by atoms with E-state index >= 15 is 0 Å². The normalized spacial score (nSPS) is 12.3. The van der Waals surface area contributed by atoms with Crippen molar-refractivity contribution in [1.82, 2.24) is 5.32 Å². The molecule has 0 fully saturated rings. The summed E-state index contributed by atoms with van der Waals surface area (Å²) in [6.45, 7) is 4.33. The summed E-state index contributed by atoms with van der Waals surface area (Å²) in [6.07, 6.45) is 0.815. The molecule has 0 aliphatic heterocycles. The van der Waals surface area contributed by atoms with Gasteiger partial charge < -0.3 is 15.8 Å². The standard InChI is InChI=1S/C10H20N2O3S/c1-7(2)3-4-15-9(13)5-12-10(14)8(11)6-16/h7-8,16H,3-6,11H2,1-2H3,(H,12,14)/t8-/m0/s1. The Hall–Kier alpha value is -0.750. The molecule has 6 heteroatoms. The van der Waals surface area contributed by atoms with Crippen LogP contribution in [-0.4, -0.2) is 36.8 Å². The first-order chi connectivity index (χ1) is 7.47. The van der Waals surface area contributed by atoms with E-state index in [0.717, 1.165) is 6.42 Å². The van der Waals surface area contributed by atoms with E-state index in [4.69, 9.17) is 10.5 Å². The lowest BCUT2D eigenvalue weighted by Crippen LogP contribution is -2.44. The van der Waals surface area contributed by atoms with Gasteiger partial charge in [-0.25, -0.2) is 0 Å². The van der Waals surface area contributed by atoms with Crippen LogP contribution in [0.1, 0.15) is 20.3 Å². The zero-order valence-corrected chi connectivity index (χ0v) is 10.6. The van der Waals surface area contributed by atoms with Crippen LogP contribution in [0.25, 0.3) is 0 Å². The summed E-state index contributed by atoms with van der Waals surface area (Å²) in [5.41, 5.74) is 5.40. The molecule has 1 amide bonds. The number of nitrogens with one attached hydrogen (secondary N) is 1. The summed E-state index contributed by atoms with van der Waals surface area (Å²) in [6, 6.07) is -0.688. The Balaban J connectivity index is 3.61. The Morgan fingerprint density at radius 2 is 2.06 bits per heavy atom. The van der Waals surface area contributed by atoms with Crippen molar-refractivity contribution in [3.63, 3.8) is 0 Å². The highest BCUT2D eigenvalue weighted by atomic mass is 32.1. The minimum absolute atomic E-state index is 0.140. The van der Waals surface area contributed by atoms with Gasteiger partial charge in [-0.15, -0.1) is 0 Å². The predicted molar refractivity (Wildman–Crippen MR) is 65.3 cm³/mol. The number of carbonyl (C=O) groups excluding carboxylic acids is 2. The van der Waals surface area contributed by atoms with Gasteiger partial charge in [-0.2, -0.15) is 12.6 Å². The lowest BCUT2D eigenvalue weighted by Gasteiger charge is -2.10. The molecule has 0 saturated carbocycles. The Kier molecular flexibility index (Phi) is 8.01. The van der Waals surface area contributed by atoms with Crippen molar-refractivity contribution in [2.75, 3.05) is 18.9 Å². The zero-order valence-electron chi connectivity index (χ0n) is 9.73. The maximum Gasteiger partial charge on any atom is 0.325 e. The molecule has 0 heterocycles. The second-order valence-corrected chi connectivity index (χ2v) is 4.28. The van der Waals surface area contributed by atoms with Gasteiger partial charge in [-0.1, -0.05) is 13.8 Å². The van der Waals surface area contributed by atoms with Crippen LogP contribution in [0.3, 0.4) is 0 Å². The summed E-state index contributed by atoms with van der Waals surface area (Å²) >= 11 is 3.88. The van der Waals surface area contributed by atoms with Crippen LogP contribution in [0.15, 0.2) is 0 Å². The van der Waals surface area contributed by atoms with Crippen LogP contribution < -0.4 is 11.1 Å². The molecule has 16 heavy (non-hydrogen) atoms. The van der Waals surface area contributed by atoms with Crippen LogP contribution in [0.4, 0.5) is 0 Å². The molecule has 94 valence electrons. The highest BCUT2D eigenvalue weighted by Gasteiger charge is 2.12. The third kappa shape index (κ3) is 7.53. The Morgan fingerprint density at radius 1 is 1.44 bits per heavy atom. The number of hydrogen-bond acceptors (Lipinski definition) is 5. The van der Waals surface area contributed by atoms with E-state index in [0.29, 0.717) is 12.5 Å². The Bertz CT molecular complexity index is 234. The van der Waals surface area contributed by atoms with Gasteiger partial charge in [0.15, 0.2) is 0 Å². The maximum absolute atomic E-state index is 11.2. The molecule has 0 saturated heterocycles. The molecule has 1 atom stereocenters. The summed E-state index contributed by atoms with van der Waals surface area (Å²) in [4.78, 5) is 22.3. The van der Waals surface area contributed by atoms with Crippen LogP contribution in [-0.2, 0) is 14.3 Å². The first-order valence-electron chi connectivity index (χ1n) is 5.27. The lowest BCUT2D eigenvalue weighted by atomic mass is 10.1. The Labute approximate surface area is 102 Å². The monoisotopic (exact) mass is 248 g/mol. The minimum Gasteiger partial charge on any atom is -0.464 e. The number of hydrogen-bond donors (Lipinski definition) is 3. The van der Waals surface area contributed by atoms with E-state index in [1.807, 2.05) is 13.8 Å². The van der Waals surface area contributed by atoms with E-state index < -0.39 is 17.9 Å². The number of thiol groups is 1. The molecule has 0 aliphatic rings. The number of esters is 1. The summed E-state index contributed by atoms with van der Waals surface area (Å²) in [5.74, 6) is -0.106. The molecule has 0 aliphatic carbocycles. The first-order valence-corrected chi connectivity index (χ1v) is 5.90. The van der Waals surface area contributed by atoms with Crippen molar-refractivity contribution in [3.05, 3.63) is 0 Å². The van der Waals surface area contributed by atoms with Crippen LogP contribution in [0, 0.1) is 5.92 Å². The Morgan fingerprint density at radius 3 is 2.56 bits per heavy atom. The average Bonchev–Trinajstić information content (AvgIpc) is 2.24. The third-order valence-corrected chi connectivity index (χ3v) is 2.29. The lowest BCUT2D eigenvalue weighted by molar-refractivity contribution is -0.144.